The maximum atomic E-state index is 6.09. The minimum atomic E-state index is 0.0457. The van der Waals surface area contributed by atoms with Crippen molar-refractivity contribution in [2.45, 2.75) is 120 Å². The van der Waals surface area contributed by atoms with Crippen LogP contribution in [0.3, 0.4) is 0 Å². The van der Waals surface area contributed by atoms with E-state index in [0.29, 0.717) is 5.41 Å². The van der Waals surface area contributed by atoms with Crippen molar-refractivity contribution >= 4 is 11.4 Å². The standard InChI is InChI=1S/C20H24N2.C6H14.C5H12.C3H8/c1-4-16-6-5-7-18(12-16)22-15(3)20(10-11-20)17-9-8-14(2)19(21)13-17;1-5-6(2,3)4;1-4-5(2)3;1-3-2/h5-9,12-13,22H,3-4,10-11,21H2,1-2H3;5H2,1-4H3;5H,4H2,1-3H3;3H2,1-2H3. The Kier molecular flexibility index (Phi) is 15.5. The molecule has 0 aliphatic heterocycles. The molecule has 0 heterocycles. The Bertz CT molecular complexity index is 882. The quantitative estimate of drug-likeness (QED) is 0.392. The molecule has 0 amide bonds. The number of aryl methyl sites for hydroxylation is 2. The van der Waals surface area contributed by atoms with E-state index < -0.39 is 0 Å². The van der Waals surface area contributed by atoms with E-state index in [-0.39, 0.29) is 5.41 Å². The third-order valence-corrected chi connectivity index (χ3v) is 6.67. The monoisotopic (exact) mass is 494 g/mol. The number of benzene rings is 2. The first-order valence-electron chi connectivity index (χ1n) is 14.2. The maximum absolute atomic E-state index is 6.09. The fourth-order valence-corrected chi connectivity index (χ4v) is 2.99. The smallest absolute Gasteiger partial charge is 0.0384 e. The van der Waals surface area contributed by atoms with E-state index in [4.69, 9.17) is 5.73 Å². The van der Waals surface area contributed by atoms with Crippen LogP contribution in [0, 0.1) is 18.3 Å². The first-order valence-corrected chi connectivity index (χ1v) is 14.2. The van der Waals surface area contributed by atoms with Gasteiger partial charge in [0.15, 0.2) is 0 Å². The largest absolute Gasteiger partial charge is 0.399 e. The fraction of sp³-hybridized carbons (Fsp3) is 0.588. The van der Waals surface area contributed by atoms with Gasteiger partial charge in [-0.2, -0.15) is 0 Å². The Labute approximate surface area is 225 Å². The van der Waals surface area contributed by atoms with Crippen LogP contribution in [0.1, 0.15) is 118 Å². The molecule has 36 heavy (non-hydrogen) atoms. The first kappa shape index (κ1) is 33.8. The van der Waals surface area contributed by atoms with Gasteiger partial charge in [0.05, 0.1) is 0 Å². The summed E-state index contributed by atoms with van der Waals surface area (Å²) in [4.78, 5) is 0. The molecule has 0 atom stereocenters. The predicted molar refractivity (Wildman–Crippen MR) is 166 cm³/mol. The van der Waals surface area contributed by atoms with Crippen LogP contribution in [-0.2, 0) is 11.8 Å². The molecule has 0 bridgehead atoms. The molecular weight excluding hydrogens is 436 g/mol. The molecule has 3 N–H and O–H groups in total. The lowest BCUT2D eigenvalue weighted by Crippen LogP contribution is -2.16. The molecule has 0 spiro atoms. The highest BCUT2D eigenvalue weighted by Crippen LogP contribution is 2.53. The van der Waals surface area contributed by atoms with E-state index in [1.807, 2.05) is 6.92 Å². The molecule has 2 heteroatoms. The van der Waals surface area contributed by atoms with Crippen molar-refractivity contribution in [3.05, 3.63) is 71.4 Å². The summed E-state index contributed by atoms with van der Waals surface area (Å²) in [5.41, 5.74) is 13.5. The van der Waals surface area contributed by atoms with Gasteiger partial charge in [-0.15, -0.1) is 0 Å². The molecule has 0 radical (unpaired) electrons. The summed E-state index contributed by atoms with van der Waals surface area (Å²) < 4.78 is 0. The van der Waals surface area contributed by atoms with E-state index in [0.717, 1.165) is 47.8 Å². The zero-order valence-electron chi connectivity index (χ0n) is 25.6. The second kappa shape index (κ2) is 16.5. The zero-order chi connectivity index (χ0) is 27.9. The van der Waals surface area contributed by atoms with Gasteiger partial charge in [0.1, 0.15) is 0 Å². The average Bonchev–Trinajstić information content (AvgIpc) is 3.64. The Balaban J connectivity index is 0.000000725. The summed E-state index contributed by atoms with van der Waals surface area (Å²) in [6.45, 7) is 28.4. The van der Waals surface area contributed by atoms with Gasteiger partial charge in [0.25, 0.3) is 0 Å². The van der Waals surface area contributed by atoms with Gasteiger partial charge >= 0.3 is 0 Å². The van der Waals surface area contributed by atoms with E-state index in [2.05, 4.69) is 124 Å². The maximum Gasteiger partial charge on any atom is 0.0384 e. The second-order valence-electron chi connectivity index (χ2n) is 11.7. The minimum absolute atomic E-state index is 0.0457. The molecule has 1 fully saturated rings. The summed E-state index contributed by atoms with van der Waals surface area (Å²) in [5, 5.41) is 3.52. The molecule has 204 valence electrons. The number of nitrogen functional groups attached to an aromatic ring is 1. The van der Waals surface area contributed by atoms with Crippen LogP contribution >= 0.6 is 0 Å². The van der Waals surface area contributed by atoms with Crippen LogP contribution < -0.4 is 11.1 Å². The van der Waals surface area contributed by atoms with Crippen LogP contribution in [0.4, 0.5) is 11.4 Å². The number of hydrogen-bond acceptors (Lipinski definition) is 2. The third kappa shape index (κ3) is 12.7. The fourth-order valence-electron chi connectivity index (χ4n) is 2.99. The van der Waals surface area contributed by atoms with Crippen molar-refractivity contribution in [1.82, 2.24) is 0 Å². The van der Waals surface area contributed by atoms with Gasteiger partial charge in [0.2, 0.25) is 0 Å². The van der Waals surface area contributed by atoms with Crippen molar-refractivity contribution in [1.29, 1.82) is 0 Å². The summed E-state index contributed by atoms with van der Waals surface area (Å²) in [6, 6.07) is 15.0. The van der Waals surface area contributed by atoms with Crippen molar-refractivity contribution in [2.24, 2.45) is 11.3 Å². The molecule has 1 aliphatic carbocycles. The Hall–Kier alpha value is -2.22. The summed E-state index contributed by atoms with van der Waals surface area (Å²) >= 11 is 0. The molecule has 1 aliphatic rings. The van der Waals surface area contributed by atoms with Gasteiger partial charge in [0, 0.05) is 22.5 Å². The number of hydrogen-bond donors (Lipinski definition) is 2. The SMILES string of the molecule is C=C(Nc1cccc(CC)c1)C1(c2ccc(C)c(N)c2)CC1.CCC.CCC(C)(C)C.CCC(C)C. The summed E-state index contributed by atoms with van der Waals surface area (Å²) in [6.07, 6.45) is 7.14. The predicted octanol–water partition coefficient (Wildman–Crippen LogP) is 10.7. The Morgan fingerprint density at radius 3 is 1.92 bits per heavy atom. The van der Waals surface area contributed by atoms with E-state index >= 15 is 0 Å². The van der Waals surface area contributed by atoms with Gasteiger partial charge in [-0.05, 0) is 72.4 Å². The van der Waals surface area contributed by atoms with Gasteiger partial charge in [-0.3, -0.25) is 0 Å². The molecule has 2 aromatic rings. The van der Waals surface area contributed by atoms with Crippen molar-refractivity contribution < 1.29 is 0 Å². The van der Waals surface area contributed by atoms with E-state index in [1.165, 1.54) is 30.4 Å². The lowest BCUT2D eigenvalue weighted by molar-refractivity contribution is 0.398. The van der Waals surface area contributed by atoms with Crippen LogP contribution in [0.15, 0.2) is 54.7 Å². The topological polar surface area (TPSA) is 38.0 Å². The highest BCUT2D eigenvalue weighted by atomic mass is 14.9. The van der Waals surface area contributed by atoms with Gasteiger partial charge in [-0.25, -0.2) is 0 Å². The Morgan fingerprint density at radius 1 is 1.00 bits per heavy atom. The van der Waals surface area contributed by atoms with Gasteiger partial charge in [-0.1, -0.05) is 119 Å². The molecule has 2 aromatic carbocycles. The zero-order valence-corrected chi connectivity index (χ0v) is 25.6. The van der Waals surface area contributed by atoms with E-state index in [9.17, 15) is 0 Å². The summed E-state index contributed by atoms with van der Waals surface area (Å²) in [7, 11) is 0. The van der Waals surface area contributed by atoms with Crippen molar-refractivity contribution in [3.63, 3.8) is 0 Å². The average molecular weight is 495 g/mol. The molecule has 3 rings (SSSR count). The second-order valence-corrected chi connectivity index (χ2v) is 11.7. The first-order chi connectivity index (χ1) is 16.8. The Morgan fingerprint density at radius 2 is 1.53 bits per heavy atom. The van der Waals surface area contributed by atoms with E-state index in [1.54, 1.807) is 0 Å². The molecule has 2 nitrogen and oxygen atoms in total. The molecular formula is C34H58N2. The van der Waals surface area contributed by atoms with Crippen molar-refractivity contribution in [3.8, 4) is 0 Å². The highest BCUT2D eigenvalue weighted by molar-refractivity contribution is 5.58. The number of anilines is 2. The minimum Gasteiger partial charge on any atom is -0.399 e. The van der Waals surface area contributed by atoms with Gasteiger partial charge < -0.3 is 11.1 Å². The van der Waals surface area contributed by atoms with Crippen molar-refractivity contribution in [2.75, 3.05) is 11.1 Å². The lowest BCUT2D eigenvalue weighted by Gasteiger charge is -2.22. The normalized spacial score (nSPS) is 13.2. The molecule has 0 unspecified atom stereocenters. The number of rotatable bonds is 6. The van der Waals surface area contributed by atoms with Crippen LogP contribution in [-0.4, -0.2) is 0 Å². The summed E-state index contributed by atoms with van der Waals surface area (Å²) in [5.74, 6) is 0.884. The molecule has 0 aromatic heterocycles. The van der Waals surface area contributed by atoms with Crippen LogP contribution in [0.2, 0.25) is 0 Å². The number of allylic oxidation sites excluding steroid dienone is 1. The lowest BCUT2D eigenvalue weighted by atomic mass is 9.91. The number of nitrogens with one attached hydrogen (secondary N) is 1. The van der Waals surface area contributed by atoms with Crippen LogP contribution in [0.5, 0.6) is 0 Å². The highest BCUT2D eigenvalue weighted by Gasteiger charge is 2.47. The molecule has 0 saturated heterocycles. The number of nitrogens with two attached hydrogens (primary N) is 1. The van der Waals surface area contributed by atoms with Crippen LogP contribution in [0.25, 0.3) is 0 Å². The molecule has 1 saturated carbocycles. The third-order valence-electron chi connectivity index (χ3n) is 6.67.